The number of aromatic nitrogens is 4. The molecule has 10 heteroatoms. The van der Waals surface area contributed by atoms with Gasteiger partial charge in [0.1, 0.15) is 11.3 Å². The zero-order valence-electron chi connectivity index (χ0n) is 15.2. The number of benzene rings is 1. The summed E-state index contributed by atoms with van der Waals surface area (Å²) in [6.07, 6.45) is 6.30. The highest BCUT2D eigenvalue weighted by atomic mass is 16.6. The molecule has 0 amide bonds. The minimum absolute atomic E-state index is 0.0148. The molecule has 0 atom stereocenters. The fourth-order valence-corrected chi connectivity index (χ4v) is 3.29. The zero-order valence-corrected chi connectivity index (χ0v) is 15.2. The van der Waals surface area contributed by atoms with Gasteiger partial charge in [-0.05, 0) is 18.2 Å². The average Bonchev–Trinajstić information content (AvgIpc) is 3.36. The number of pyridine rings is 2. The third-order valence-corrected chi connectivity index (χ3v) is 4.75. The molecule has 5 aromatic rings. The van der Waals surface area contributed by atoms with Crippen LogP contribution in [0.1, 0.15) is 0 Å². The number of nitrogens with zero attached hydrogens (tertiary/aromatic N) is 6. The summed E-state index contributed by atoms with van der Waals surface area (Å²) in [5.41, 5.74) is 4.14. The lowest BCUT2D eigenvalue weighted by Crippen LogP contribution is -1.90. The number of imidazole rings is 2. The van der Waals surface area contributed by atoms with Gasteiger partial charge < -0.3 is 0 Å². The molecular formula is C20H12N6O4. The quantitative estimate of drug-likeness (QED) is 0.330. The SMILES string of the molecule is O=[N+]([O-])c1ccc2nc(-c3cccc(-c4cn5cc([N+](=O)[O-])ccc5n4)c3)cn2c1. The van der Waals surface area contributed by atoms with Crippen LogP contribution in [-0.2, 0) is 0 Å². The van der Waals surface area contributed by atoms with Crippen LogP contribution in [0.2, 0.25) is 0 Å². The minimum Gasteiger partial charge on any atom is -0.300 e. The maximum atomic E-state index is 11.0. The van der Waals surface area contributed by atoms with Gasteiger partial charge in [0.05, 0.1) is 33.6 Å². The summed E-state index contributed by atoms with van der Waals surface area (Å²) >= 11 is 0. The zero-order chi connectivity index (χ0) is 20.8. The summed E-state index contributed by atoms with van der Waals surface area (Å²) in [6.45, 7) is 0. The van der Waals surface area contributed by atoms with E-state index < -0.39 is 9.85 Å². The van der Waals surface area contributed by atoms with Gasteiger partial charge >= 0.3 is 0 Å². The molecule has 0 saturated heterocycles. The van der Waals surface area contributed by atoms with Crippen molar-refractivity contribution in [3.63, 3.8) is 0 Å². The fourth-order valence-electron chi connectivity index (χ4n) is 3.29. The monoisotopic (exact) mass is 400 g/mol. The summed E-state index contributed by atoms with van der Waals surface area (Å²) < 4.78 is 3.23. The summed E-state index contributed by atoms with van der Waals surface area (Å²) in [7, 11) is 0. The number of hydrogen-bond donors (Lipinski definition) is 0. The lowest BCUT2D eigenvalue weighted by Gasteiger charge is -2.00. The Labute approximate surface area is 168 Å². The molecule has 0 aliphatic heterocycles. The largest absolute Gasteiger partial charge is 0.300 e. The van der Waals surface area contributed by atoms with Gasteiger partial charge in [0.15, 0.2) is 0 Å². The minimum atomic E-state index is -0.451. The molecule has 1 aromatic carbocycles. The lowest BCUT2D eigenvalue weighted by atomic mass is 10.1. The summed E-state index contributed by atoms with van der Waals surface area (Å²) in [5, 5.41) is 22.0. The van der Waals surface area contributed by atoms with E-state index in [4.69, 9.17) is 0 Å². The number of hydrogen-bond acceptors (Lipinski definition) is 6. The van der Waals surface area contributed by atoms with E-state index in [2.05, 4.69) is 9.97 Å². The first-order valence-electron chi connectivity index (χ1n) is 8.85. The maximum Gasteiger partial charge on any atom is 0.286 e. The van der Waals surface area contributed by atoms with Crippen LogP contribution in [0.15, 0.2) is 73.3 Å². The van der Waals surface area contributed by atoms with Crippen LogP contribution in [-0.4, -0.2) is 28.6 Å². The molecule has 0 aliphatic rings. The van der Waals surface area contributed by atoms with Crippen molar-refractivity contribution in [3.05, 3.63) is 93.5 Å². The molecule has 4 heterocycles. The Morgan fingerprint density at radius 1 is 0.667 bits per heavy atom. The third kappa shape index (κ3) is 2.92. The second kappa shape index (κ2) is 6.48. The molecular weight excluding hydrogens is 388 g/mol. The van der Waals surface area contributed by atoms with Crippen molar-refractivity contribution in [1.29, 1.82) is 0 Å². The molecule has 0 N–H and O–H groups in total. The van der Waals surface area contributed by atoms with Gasteiger partial charge in [-0.3, -0.25) is 29.0 Å². The van der Waals surface area contributed by atoms with E-state index in [1.54, 1.807) is 33.3 Å². The number of rotatable bonds is 4. The van der Waals surface area contributed by atoms with Crippen LogP contribution < -0.4 is 0 Å². The summed E-state index contributed by atoms with van der Waals surface area (Å²) in [4.78, 5) is 30.1. The summed E-state index contributed by atoms with van der Waals surface area (Å²) in [6, 6.07) is 13.6. The molecule has 0 saturated carbocycles. The van der Waals surface area contributed by atoms with E-state index in [0.717, 1.165) is 11.1 Å². The van der Waals surface area contributed by atoms with Crippen molar-refractivity contribution in [1.82, 2.24) is 18.8 Å². The van der Waals surface area contributed by atoms with E-state index in [9.17, 15) is 20.2 Å². The van der Waals surface area contributed by atoms with Gasteiger partial charge in [-0.25, -0.2) is 9.97 Å². The van der Waals surface area contributed by atoms with Gasteiger partial charge in [-0.1, -0.05) is 18.2 Å². The van der Waals surface area contributed by atoms with Gasteiger partial charge in [0.25, 0.3) is 11.4 Å². The standard InChI is InChI=1S/C20H12N6O4/c27-25(28)15-4-6-19-21-17(11-23(19)9-15)13-2-1-3-14(8-13)18-12-24-10-16(26(29)30)5-7-20(24)22-18/h1-12H. The molecule has 10 nitrogen and oxygen atoms in total. The van der Waals surface area contributed by atoms with Gasteiger partial charge in [0.2, 0.25) is 0 Å². The normalized spacial score (nSPS) is 11.2. The van der Waals surface area contributed by atoms with Crippen LogP contribution in [0.5, 0.6) is 0 Å². The Morgan fingerprint density at radius 3 is 1.57 bits per heavy atom. The van der Waals surface area contributed by atoms with Crippen LogP contribution in [0.3, 0.4) is 0 Å². The highest BCUT2D eigenvalue weighted by Gasteiger charge is 2.12. The maximum absolute atomic E-state index is 11.0. The molecule has 0 bridgehead atoms. The Morgan fingerprint density at radius 2 is 1.13 bits per heavy atom. The van der Waals surface area contributed by atoms with Crippen molar-refractivity contribution >= 4 is 22.7 Å². The average molecular weight is 400 g/mol. The van der Waals surface area contributed by atoms with Gasteiger partial charge in [-0.15, -0.1) is 0 Å². The van der Waals surface area contributed by atoms with Crippen molar-refractivity contribution < 1.29 is 9.85 Å². The number of nitro groups is 2. The van der Waals surface area contributed by atoms with Gasteiger partial charge in [-0.2, -0.15) is 0 Å². The molecule has 0 fully saturated rings. The molecule has 5 rings (SSSR count). The van der Waals surface area contributed by atoms with E-state index in [-0.39, 0.29) is 11.4 Å². The first-order chi connectivity index (χ1) is 14.5. The molecule has 0 spiro atoms. The van der Waals surface area contributed by atoms with Crippen molar-refractivity contribution in [2.45, 2.75) is 0 Å². The van der Waals surface area contributed by atoms with Crippen LogP contribution >= 0.6 is 0 Å². The van der Waals surface area contributed by atoms with Crippen LogP contribution in [0.25, 0.3) is 33.8 Å². The number of fused-ring (bicyclic) bond motifs is 2. The highest BCUT2D eigenvalue weighted by molar-refractivity contribution is 5.72. The van der Waals surface area contributed by atoms with Crippen molar-refractivity contribution in [2.24, 2.45) is 0 Å². The first-order valence-corrected chi connectivity index (χ1v) is 8.85. The third-order valence-electron chi connectivity index (χ3n) is 4.75. The highest BCUT2D eigenvalue weighted by Crippen LogP contribution is 2.27. The Kier molecular flexibility index (Phi) is 3.78. The second-order valence-electron chi connectivity index (χ2n) is 6.65. The Balaban J connectivity index is 1.55. The Bertz CT molecular complexity index is 1360. The molecule has 146 valence electrons. The predicted molar refractivity (Wildman–Crippen MR) is 108 cm³/mol. The van der Waals surface area contributed by atoms with Crippen LogP contribution in [0, 0.1) is 20.2 Å². The van der Waals surface area contributed by atoms with Crippen molar-refractivity contribution in [2.75, 3.05) is 0 Å². The molecule has 0 unspecified atom stereocenters. The fraction of sp³-hybridized carbons (Fsp3) is 0. The Hall–Kier alpha value is -4.60. The lowest BCUT2D eigenvalue weighted by molar-refractivity contribution is -0.385. The molecule has 4 aromatic heterocycles. The smallest absolute Gasteiger partial charge is 0.286 e. The van der Waals surface area contributed by atoms with Gasteiger partial charge in [0, 0.05) is 35.7 Å². The van der Waals surface area contributed by atoms with E-state index in [0.29, 0.717) is 22.7 Å². The first kappa shape index (κ1) is 17.5. The predicted octanol–water partition coefficient (Wildman–Crippen LogP) is 4.13. The molecule has 0 aliphatic carbocycles. The van der Waals surface area contributed by atoms with Crippen LogP contribution in [0.4, 0.5) is 11.4 Å². The molecule has 0 radical (unpaired) electrons. The summed E-state index contributed by atoms with van der Waals surface area (Å²) in [5.74, 6) is 0. The molecule has 30 heavy (non-hydrogen) atoms. The van der Waals surface area contributed by atoms with E-state index >= 15 is 0 Å². The second-order valence-corrected chi connectivity index (χ2v) is 6.65. The van der Waals surface area contributed by atoms with E-state index in [1.165, 1.54) is 24.5 Å². The van der Waals surface area contributed by atoms with E-state index in [1.807, 2.05) is 24.3 Å². The topological polar surface area (TPSA) is 121 Å². The van der Waals surface area contributed by atoms with Crippen molar-refractivity contribution in [3.8, 4) is 22.5 Å².